The number of hydrogen-bond donors (Lipinski definition) is 1. The first-order valence-corrected chi connectivity index (χ1v) is 6.54. The predicted octanol–water partition coefficient (Wildman–Crippen LogP) is 2.89. The minimum Gasteiger partial charge on any atom is -0.376 e. The number of aryl methyl sites for hydroxylation is 1. The molecule has 1 fully saturated rings. The molecule has 84 valence electrons. The van der Waals surface area contributed by atoms with Gasteiger partial charge in [0, 0.05) is 16.4 Å². The van der Waals surface area contributed by atoms with Crippen molar-refractivity contribution in [3.63, 3.8) is 0 Å². The van der Waals surface area contributed by atoms with Crippen LogP contribution in [0, 0.1) is 6.92 Å². The summed E-state index contributed by atoms with van der Waals surface area (Å²) in [6.07, 6.45) is 2.77. The number of thiophene rings is 1. The molecule has 1 saturated heterocycles. The van der Waals surface area contributed by atoms with E-state index in [1.54, 1.807) is 0 Å². The smallest absolute Gasteiger partial charge is 0.0778 e. The van der Waals surface area contributed by atoms with Gasteiger partial charge in [0.1, 0.15) is 0 Å². The molecule has 0 aromatic carbocycles. The van der Waals surface area contributed by atoms with Crippen molar-refractivity contribution in [2.24, 2.45) is 0 Å². The van der Waals surface area contributed by atoms with Gasteiger partial charge in [-0.25, -0.2) is 0 Å². The van der Waals surface area contributed by atoms with Crippen LogP contribution in [0.1, 0.15) is 35.6 Å². The third-order valence-electron chi connectivity index (χ3n) is 2.83. The second kappa shape index (κ2) is 5.10. The molecule has 3 heteroatoms. The third kappa shape index (κ3) is 2.60. The van der Waals surface area contributed by atoms with Gasteiger partial charge in [-0.2, -0.15) is 0 Å². The van der Waals surface area contributed by atoms with Crippen molar-refractivity contribution >= 4 is 11.3 Å². The Balaban J connectivity index is 2.11. The van der Waals surface area contributed by atoms with E-state index in [4.69, 9.17) is 4.74 Å². The summed E-state index contributed by atoms with van der Waals surface area (Å²) < 4.78 is 5.78. The van der Waals surface area contributed by atoms with Gasteiger partial charge in [0.05, 0.1) is 12.1 Å². The fraction of sp³-hybridized carbons (Fsp3) is 0.667. The minimum absolute atomic E-state index is 0.378. The van der Waals surface area contributed by atoms with Crippen molar-refractivity contribution in [1.29, 1.82) is 0 Å². The van der Waals surface area contributed by atoms with Crippen molar-refractivity contribution in [3.8, 4) is 0 Å². The van der Waals surface area contributed by atoms with Crippen LogP contribution < -0.4 is 5.32 Å². The summed E-state index contributed by atoms with van der Waals surface area (Å²) in [4.78, 5) is 2.80. The summed E-state index contributed by atoms with van der Waals surface area (Å²) in [5.74, 6) is 0. The van der Waals surface area contributed by atoms with Gasteiger partial charge >= 0.3 is 0 Å². The highest BCUT2D eigenvalue weighted by molar-refractivity contribution is 7.12. The molecule has 1 aromatic heterocycles. The molecule has 2 heterocycles. The van der Waals surface area contributed by atoms with E-state index in [1.807, 2.05) is 11.3 Å². The molecule has 0 radical (unpaired) electrons. The van der Waals surface area contributed by atoms with E-state index < -0.39 is 0 Å². The maximum absolute atomic E-state index is 5.78. The van der Waals surface area contributed by atoms with Crippen LogP contribution in [0.4, 0.5) is 0 Å². The Morgan fingerprint density at radius 1 is 1.60 bits per heavy atom. The minimum atomic E-state index is 0.378. The SMILES string of the molecule is CCNC(c1ccc(C)s1)C1CCCO1. The van der Waals surface area contributed by atoms with E-state index in [0.29, 0.717) is 12.1 Å². The molecule has 1 aliphatic heterocycles. The van der Waals surface area contributed by atoms with E-state index >= 15 is 0 Å². The summed E-state index contributed by atoms with van der Waals surface area (Å²) in [5.41, 5.74) is 0. The summed E-state index contributed by atoms with van der Waals surface area (Å²) in [6.45, 7) is 6.24. The molecule has 0 bridgehead atoms. The average Bonchev–Trinajstić information content (AvgIpc) is 2.85. The third-order valence-corrected chi connectivity index (χ3v) is 3.91. The Labute approximate surface area is 95.6 Å². The molecule has 1 aliphatic rings. The Bertz CT molecular complexity index is 304. The molecular weight excluding hydrogens is 206 g/mol. The highest BCUT2D eigenvalue weighted by Gasteiger charge is 2.27. The van der Waals surface area contributed by atoms with Crippen LogP contribution in [0.15, 0.2) is 12.1 Å². The van der Waals surface area contributed by atoms with Gasteiger partial charge in [-0.1, -0.05) is 6.92 Å². The largest absolute Gasteiger partial charge is 0.376 e. The van der Waals surface area contributed by atoms with Gasteiger partial charge in [0.25, 0.3) is 0 Å². The number of rotatable bonds is 4. The lowest BCUT2D eigenvalue weighted by Gasteiger charge is -2.22. The summed E-state index contributed by atoms with van der Waals surface area (Å²) >= 11 is 1.88. The fourth-order valence-electron chi connectivity index (χ4n) is 2.12. The van der Waals surface area contributed by atoms with Crippen molar-refractivity contribution < 1.29 is 4.74 Å². The van der Waals surface area contributed by atoms with Crippen molar-refractivity contribution in [2.45, 2.75) is 38.8 Å². The van der Waals surface area contributed by atoms with Crippen LogP contribution in [-0.2, 0) is 4.74 Å². The standard InChI is InChI=1S/C12H19NOS/c1-3-13-12(10-5-4-8-14-10)11-7-6-9(2)15-11/h6-7,10,12-13H,3-5,8H2,1-2H3. The zero-order valence-electron chi connectivity index (χ0n) is 9.45. The van der Waals surface area contributed by atoms with E-state index in [-0.39, 0.29) is 0 Å². The molecule has 0 amide bonds. The zero-order valence-corrected chi connectivity index (χ0v) is 10.3. The van der Waals surface area contributed by atoms with Gasteiger partial charge < -0.3 is 10.1 Å². The van der Waals surface area contributed by atoms with Gasteiger partial charge in [0.15, 0.2) is 0 Å². The number of hydrogen-bond acceptors (Lipinski definition) is 3. The summed E-state index contributed by atoms with van der Waals surface area (Å²) in [6, 6.07) is 4.82. The number of ether oxygens (including phenoxy) is 1. The molecule has 1 aromatic rings. The molecule has 2 rings (SSSR count). The predicted molar refractivity (Wildman–Crippen MR) is 64.4 cm³/mol. The molecule has 15 heavy (non-hydrogen) atoms. The second-order valence-corrected chi connectivity index (χ2v) is 5.35. The van der Waals surface area contributed by atoms with Gasteiger partial charge in [-0.05, 0) is 38.4 Å². The lowest BCUT2D eigenvalue weighted by atomic mass is 10.1. The molecule has 0 saturated carbocycles. The molecule has 2 unspecified atom stereocenters. The molecular formula is C12H19NOS. The normalized spacial score (nSPS) is 23.2. The van der Waals surface area contributed by atoms with Gasteiger partial charge in [-0.3, -0.25) is 0 Å². The Morgan fingerprint density at radius 3 is 3.00 bits per heavy atom. The van der Waals surface area contributed by atoms with Crippen molar-refractivity contribution in [2.75, 3.05) is 13.2 Å². The van der Waals surface area contributed by atoms with Crippen LogP contribution in [0.5, 0.6) is 0 Å². The molecule has 0 spiro atoms. The topological polar surface area (TPSA) is 21.3 Å². The molecule has 2 nitrogen and oxygen atoms in total. The monoisotopic (exact) mass is 225 g/mol. The number of likely N-dealkylation sites (N-methyl/N-ethyl adjacent to an activating group) is 1. The van der Waals surface area contributed by atoms with Crippen LogP contribution in [0.25, 0.3) is 0 Å². The first kappa shape index (κ1) is 11.1. The second-order valence-electron chi connectivity index (χ2n) is 4.04. The highest BCUT2D eigenvalue weighted by Crippen LogP contribution is 2.31. The molecule has 1 N–H and O–H groups in total. The number of nitrogens with one attached hydrogen (secondary N) is 1. The van der Waals surface area contributed by atoms with E-state index in [2.05, 4.69) is 31.3 Å². The Kier molecular flexibility index (Phi) is 3.78. The zero-order chi connectivity index (χ0) is 10.7. The fourth-order valence-corrected chi connectivity index (χ4v) is 3.13. The van der Waals surface area contributed by atoms with Crippen LogP contribution in [-0.4, -0.2) is 19.3 Å². The maximum Gasteiger partial charge on any atom is 0.0778 e. The van der Waals surface area contributed by atoms with E-state index in [9.17, 15) is 0 Å². The maximum atomic E-state index is 5.78. The highest BCUT2D eigenvalue weighted by atomic mass is 32.1. The average molecular weight is 225 g/mol. The van der Waals surface area contributed by atoms with Crippen LogP contribution in [0.2, 0.25) is 0 Å². The lowest BCUT2D eigenvalue weighted by molar-refractivity contribution is 0.0798. The van der Waals surface area contributed by atoms with Gasteiger partial charge in [0.2, 0.25) is 0 Å². The van der Waals surface area contributed by atoms with Crippen LogP contribution >= 0.6 is 11.3 Å². The summed E-state index contributed by atoms with van der Waals surface area (Å²) in [7, 11) is 0. The van der Waals surface area contributed by atoms with E-state index in [1.165, 1.54) is 22.6 Å². The molecule has 2 atom stereocenters. The van der Waals surface area contributed by atoms with Crippen molar-refractivity contribution in [3.05, 3.63) is 21.9 Å². The van der Waals surface area contributed by atoms with Crippen LogP contribution in [0.3, 0.4) is 0 Å². The van der Waals surface area contributed by atoms with Crippen molar-refractivity contribution in [1.82, 2.24) is 5.32 Å². The summed E-state index contributed by atoms with van der Waals surface area (Å²) in [5, 5.41) is 3.54. The first-order valence-electron chi connectivity index (χ1n) is 5.72. The van der Waals surface area contributed by atoms with E-state index in [0.717, 1.165) is 13.2 Å². The quantitative estimate of drug-likeness (QED) is 0.850. The Hall–Kier alpha value is -0.380. The van der Waals surface area contributed by atoms with Gasteiger partial charge in [-0.15, -0.1) is 11.3 Å². The Morgan fingerprint density at radius 2 is 2.47 bits per heavy atom. The first-order chi connectivity index (χ1) is 7.31. The lowest BCUT2D eigenvalue weighted by Crippen LogP contribution is -2.30. The molecule has 0 aliphatic carbocycles.